The minimum Gasteiger partial charge on any atom is -0.338 e. The highest BCUT2D eigenvalue weighted by Crippen LogP contribution is 2.19. The van der Waals surface area contributed by atoms with E-state index in [0.29, 0.717) is 23.5 Å². The van der Waals surface area contributed by atoms with Gasteiger partial charge in [0.25, 0.3) is 0 Å². The van der Waals surface area contributed by atoms with E-state index in [4.69, 9.17) is 0 Å². The Morgan fingerprint density at radius 1 is 1.19 bits per heavy atom. The highest BCUT2D eigenvalue weighted by molar-refractivity contribution is 7.14. The number of carbonyl (C=O) groups excluding carboxylic acids is 3. The van der Waals surface area contributed by atoms with Crippen LogP contribution in [0.3, 0.4) is 0 Å². The fraction of sp³-hybridized carbons (Fsp3) is 0.350. The molecule has 0 bridgehead atoms. The summed E-state index contributed by atoms with van der Waals surface area (Å²) in [6.07, 6.45) is 1.89. The molecule has 1 saturated heterocycles. The molecule has 26 heavy (non-hydrogen) atoms. The van der Waals surface area contributed by atoms with E-state index < -0.39 is 0 Å². The zero-order chi connectivity index (χ0) is 18.5. The first-order chi connectivity index (χ1) is 12.5. The van der Waals surface area contributed by atoms with Crippen molar-refractivity contribution >= 4 is 34.6 Å². The summed E-state index contributed by atoms with van der Waals surface area (Å²) >= 11 is 1.46. The van der Waals surface area contributed by atoms with Gasteiger partial charge in [-0.15, -0.1) is 11.3 Å². The number of anilines is 1. The summed E-state index contributed by atoms with van der Waals surface area (Å²) in [5.74, 6) is 0.00217. The molecule has 2 heterocycles. The number of hydrogen-bond acceptors (Lipinski definition) is 4. The molecule has 0 spiro atoms. The number of nitrogens with one attached hydrogen (secondary N) is 1. The van der Waals surface area contributed by atoms with Crippen LogP contribution in [-0.4, -0.2) is 29.0 Å². The summed E-state index contributed by atoms with van der Waals surface area (Å²) in [4.78, 5) is 39.6. The Kier molecular flexibility index (Phi) is 5.83. The van der Waals surface area contributed by atoms with Crippen molar-refractivity contribution in [2.24, 2.45) is 0 Å². The molecule has 1 aromatic carbocycles. The molecule has 1 aromatic heterocycles. The zero-order valence-electron chi connectivity index (χ0n) is 14.8. The highest BCUT2D eigenvalue weighted by Gasteiger charge is 2.20. The van der Waals surface area contributed by atoms with Crippen molar-refractivity contribution in [1.82, 2.24) is 4.90 Å². The monoisotopic (exact) mass is 370 g/mol. The Hall–Kier alpha value is -2.47. The SMILES string of the molecule is Cc1ccc(C(=O)CCC(=O)Nc2cccc(CN3CCCC3=O)c2)s1. The second-order valence-corrected chi connectivity index (χ2v) is 7.79. The van der Waals surface area contributed by atoms with E-state index in [0.717, 1.165) is 23.4 Å². The van der Waals surface area contributed by atoms with Crippen LogP contribution in [0.25, 0.3) is 0 Å². The van der Waals surface area contributed by atoms with Crippen LogP contribution in [0.1, 0.15) is 45.8 Å². The van der Waals surface area contributed by atoms with E-state index in [1.807, 2.05) is 48.2 Å². The lowest BCUT2D eigenvalue weighted by Crippen LogP contribution is -2.23. The van der Waals surface area contributed by atoms with E-state index in [1.54, 1.807) is 0 Å². The van der Waals surface area contributed by atoms with Gasteiger partial charge >= 0.3 is 0 Å². The fourth-order valence-corrected chi connectivity index (χ4v) is 3.83. The average Bonchev–Trinajstić information content (AvgIpc) is 3.22. The first-order valence-electron chi connectivity index (χ1n) is 8.77. The minimum atomic E-state index is -0.180. The summed E-state index contributed by atoms with van der Waals surface area (Å²) in [6, 6.07) is 11.2. The summed E-state index contributed by atoms with van der Waals surface area (Å²) < 4.78 is 0. The first kappa shape index (κ1) is 18.3. The number of rotatable bonds is 7. The van der Waals surface area contributed by atoms with Crippen molar-refractivity contribution in [2.75, 3.05) is 11.9 Å². The number of Topliss-reactive ketones (excluding diaryl/α,β-unsaturated/α-hetero) is 1. The molecule has 2 amide bonds. The molecule has 5 nitrogen and oxygen atoms in total. The van der Waals surface area contributed by atoms with Crippen molar-refractivity contribution < 1.29 is 14.4 Å². The van der Waals surface area contributed by atoms with Crippen LogP contribution in [0.15, 0.2) is 36.4 Å². The van der Waals surface area contributed by atoms with Crippen LogP contribution in [-0.2, 0) is 16.1 Å². The van der Waals surface area contributed by atoms with Crippen LogP contribution in [0, 0.1) is 6.92 Å². The Morgan fingerprint density at radius 3 is 2.73 bits per heavy atom. The third-order valence-corrected chi connectivity index (χ3v) is 5.39. The van der Waals surface area contributed by atoms with E-state index in [1.165, 1.54) is 11.3 Å². The van der Waals surface area contributed by atoms with Gasteiger partial charge in [-0.3, -0.25) is 14.4 Å². The molecule has 0 radical (unpaired) electrons. The van der Waals surface area contributed by atoms with E-state index in [9.17, 15) is 14.4 Å². The molecule has 1 aliphatic rings. The maximum Gasteiger partial charge on any atom is 0.224 e. The second kappa shape index (κ2) is 8.27. The number of carbonyl (C=O) groups is 3. The molecule has 1 fully saturated rings. The normalized spacial score (nSPS) is 13.9. The van der Waals surface area contributed by atoms with Crippen LogP contribution in [0.4, 0.5) is 5.69 Å². The van der Waals surface area contributed by atoms with Crippen molar-refractivity contribution in [3.05, 3.63) is 51.7 Å². The molecule has 2 aromatic rings. The predicted molar refractivity (Wildman–Crippen MR) is 102 cm³/mol. The van der Waals surface area contributed by atoms with Crippen molar-refractivity contribution in [1.29, 1.82) is 0 Å². The van der Waals surface area contributed by atoms with Gasteiger partial charge in [0.2, 0.25) is 11.8 Å². The molecular formula is C20H22N2O3S. The van der Waals surface area contributed by atoms with Gasteiger partial charge in [-0.25, -0.2) is 0 Å². The molecule has 136 valence electrons. The second-order valence-electron chi connectivity index (χ2n) is 6.50. The number of ketones is 1. The van der Waals surface area contributed by atoms with Crippen molar-refractivity contribution in [3.63, 3.8) is 0 Å². The number of hydrogen-bond donors (Lipinski definition) is 1. The Labute approximate surface area is 157 Å². The lowest BCUT2D eigenvalue weighted by molar-refractivity contribution is -0.128. The Bertz CT molecular complexity index is 828. The lowest BCUT2D eigenvalue weighted by atomic mass is 10.1. The quantitative estimate of drug-likeness (QED) is 0.754. The van der Waals surface area contributed by atoms with E-state index >= 15 is 0 Å². The molecule has 1 N–H and O–H groups in total. The van der Waals surface area contributed by atoms with Gasteiger partial charge in [0.05, 0.1) is 4.88 Å². The van der Waals surface area contributed by atoms with Gasteiger partial charge in [-0.05, 0) is 43.2 Å². The van der Waals surface area contributed by atoms with Gasteiger partial charge in [-0.1, -0.05) is 12.1 Å². The van der Waals surface area contributed by atoms with Crippen LogP contribution in [0.5, 0.6) is 0 Å². The number of amides is 2. The predicted octanol–water partition coefficient (Wildman–Crippen LogP) is 3.78. The zero-order valence-corrected chi connectivity index (χ0v) is 15.6. The van der Waals surface area contributed by atoms with Crippen LogP contribution >= 0.6 is 11.3 Å². The average molecular weight is 370 g/mol. The third kappa shape index (κ3) is 4.79. The van der Waals surface area contributed by atoms with Crippen molar-refractivity contribution in [3.8, 4) is 0 Å². The lowest BCUT2D eigenvalue weighted by Gasteiger charge is -2.16. The summed E-state index contributed by atoms with van der Waals surface area (Å²) in [6.45, 7) is 3.31. The summed E-state index contributed by atoms with van der Waals surface area (Å²) in [7, 11) is 0. The molecule has 1 aliphatic heterocycles. The van der Waals surface area contributed by atoms with E-state index in [-0.39, 0.29) is 30.4 Å². The van der Waals surface area contributed by atoms with Gasteiger partial charge in [-0.2, -0.15) is 0 Å². The highest BCUT2D eigenvalue weighted by atomic mass is 32.1. The molecular weight excluding hydrogens is 348 g/mol. The van der Waals surface area contributed by atoms with Crippen molar-refractivity contribution in [2.45, 2.75) is 39.2 Å². The maximum atomic E-state index is 12.1. The number of nitrogens with zero attached hydrogens (tertiary/aromatic N) is 1. The molecule has 6 heteroatoms. The third-order valence-electron chi connectivity index (χ3n) is 4.35. The maximum absolute atomic E-state index is 12.1. The Balaban J connectivity index is 1.51. The fourth-order valence-electron chi connectivity index (χ4n) is 3.00. The summed E-state index contributed by atoms with van der Waals surface area (Å²) in [5.41, 5.74) is 1.68. The smallest absolute Gasteiger partial charge is 0.224 e. The van der Waals surface area contributed by atoms with Gasteiger partial charge in [0.1, 0.15) is 0 Å². The Morgan fingerprint density at radius 2 is 2.04 bits per heavy atom. The molecule has 0 saturated carbocycles. The van der Waals surface area contributed by atoms with Gasteiger partial charge in [0.15, 0.2) is 5.78 Å². The standard InChI is InChI=1S/C20H22N2O3S/c1-14-7-9-18(26-14)17(23)8-10-19(24)21-16-5-2-4-15(12-16)13-22-11-3-6-20(22)25/h2,4-5,7,9,12H,3,6,8,10-11,13H2,1H3,(H,21,24). The molecule has 0 aliphatic carbocycles. The van der Waals surface area contributed by atoms with Crippen LogP contribution < -0.4 is 5.32 Å². The number of thiophene rings is 1. The summed E-state index contributed by atoms with van der Waals surface area (Å²) in [5, 5.41) is 2.84. The minimum absolute atomic E-state index is 0.000420. The van der Waals surface area contributed by atoms with Gasteiger partial charge in [0, 0.05) is 42.9 Å². The molecule has 0 atom stereocenters. The number of benzene rings is 1. The molecule has 0 unspecified atom stereocenters. The number of likely N-dealkylation sites (tertiary alicyclic amines) is 1. The van der Waals surface area contributed by atoms with Crippen LogP contribution in [0.2, 0.25) is 0 Å². The van der Waals surface area contributed by atoms with Gasteiger partial charge < -0.3 is 10.2 Å². The van der Waals surface area contributed by atoms with E-state index in [2.05, 4.69) is 5.32 Å². The first-order valence-corrected chi connectivity index (χ1v) is 9.59. The topological polar surface area (TPSA) is 66.5 Å². The molecule has 3 rings (SSSR count). The number of aryl methyl sites for hydroxylation is 1. The largest absolute Gasteiger partial charge is 0.338 e.